The minimum Gasteiger partial charge on any atom is -0.481 e. The summed E-state index contributed by atoms with van der Waals surface area (Å²) >= 11 is 0. The highest BCUT2D eigenvalue weighted by Crippen LogP contribution is 2.21. The van der Waals surface area contributed by atoms with Gasteiger partial charge in [-0.3, -0.25) is 4.79 Å². The number of benzene rings is 1. The summed E-state index contributed by atoms with van der Waals surface area (Å²) in [7, 11) is 0. The zero-order valence-electron chi connectivity index (χ0n) is 11.7. The molecule has 0 radical (unpaired) electrons. The number of carboxylic acids is 2. The molecule has 4 heteroatoms. The normalized spacial score (nSPS) is 10.3. The zero-order valence-corrected chi connectivity index (χ0v) is 11.7. The highest BCUT2D eigenvalue weighted by molar-refractivity contribution is 5.87. The minimum atomic E-state index is -0.879. The SMILES string of the molecule is CC(C)(C)CCCC(=O)O.O=C(O)c1ccccc1. The van der Waals surface area contributed by atoms with Gasteiger partial charge in [0.15, 0.2) is 0 Å². The lowest BCUT2D eigenvalue weighted by atomic mass is 9.90. The van der Waals surface area contributed by atoms with E-state index in [-0.39, 0.29) is 5.41 Å². The lowest BCUT2D eigenvalue weighted by molar-refractivity contribution is -0.137. The monoisotopic (exact) mass is 266 g/mol. The molecule has 0 saturated carbocycles. The molecule has 0 aliphatic carbocycles. The summed E-state index contributed by atoms with van der Waals surface area (Å²) in [5, 5.41) is 16.7. The van der Waals surface area contributed by atoms with E-state index in [1.807, 2.05) is 0 Å². The molecule has 0 atom stereocenters. The zero-order chi connectivity index (χ0) is 14.9. The standard InChI is InChI=1S/C8H16O2.C7H6O2/c1-8(2,3)6-4-5-7(9)10;8-7(9)6-4-2-1-3-5-6/h4-6H2,1-3H3,(H,9,10);1-5H,(H,8,9). The number of aromatic carboxylic acids is 1. The van der Waals surface area contributed by atoms with Gasteiger partial charge in [0.1, 0.15) is 0 Å². The van der Waals surface area contributed by atoms with Gasteiger partial charge in [0.2, 0.25) is 0 Å². The number of carbonyl (C=O) groups is 2. The molecule has 0 bridgehead atoms. The minimum absolute atomic E-state index is 0.273. The maximum Gasteiger partial charge on any atom is 0.335 e. The third kappa shape index (κ3) is 11.0. The van der Waals surface area contributed by atoms with Crippen LogP contribution < -0.4 is 0 Å². The van der Waals surface area contributed by atoms with Gasteiger partial charge in [0.05, 0.1) is 5.56 Å². The van der Waals surface area contributed by atoms with E-state index >= 15 is 0 Å². The first-order valence-electron chi connectivity index (χ1n) is 6.22. The van der Waals surface area contributed by atoms with Crippen LogP contribution in [-0.2, 0) is 4.79 Å². The topological polar surface area (TPSA) is 74.6 Å². The quantitative estimate of drug-likeness (QED) is 0.871. The summed E-state index contributed by atoms with van der Waals surface area (Å²) < 4.78 is 0. The first-order chi connectivity index (χ1) is 8.72. The van der Waals surface area contributed by atoms with Crippen LogP contribution in [0.3, 0.4) is 0 Å². The maximum atomic E-state index is 10.2. The Kier molecular flexibility index (Phi) is 7.49. The Balaban J connectivity index is 0.000000342. The number of rotatable bonds is 4. The van der Waals surface area contributed by atoms with Crippen LogP contribution in [0.4, 0.5) is 0 Å². The highest BCUT2D eigenvalue weighted by Gasteiger charge is 2.09. The predicted molar refractivity (Wildman–Crippen MR) is 74.3 cm³/mol. The van der Waals surface area contributed by atoms with Gasteiger partial charge in [-0.05, 0) is 30.4 Å². The second-order valence-electron chi connectivity index (χ2n) is 5.48. The summed E-state index contributed by atoms with van der Waals surface area (Å²) in [5.74, 6) is -1.57. The second-order valence-corrected chi connectivity index (χ2v) is 5.48. The average molecular weight is 266 g/mol. The molecule has 1 rings (SSSR count). The highest BCUT2D eigenvalue weighted by atomic mass is 16.4. The lowest BCUT2D eigenvalue weighted by Crippen LogP contribution is -2.05. The Morgan fingerprint density at radius 3 is 1.89 bits per heavy atom. The van der Waals surface area contributed by atoms with Crippen LogP contribution in [0, 0.1) is 5.41 Å². The summed E-state index contributed by atoms with van der Waals surface area (Å²) in [6, 6.07) is 8.30. The first-order valence-corrected chi connectivity index (χ1v) is 6.22. The fraction of sp³-hybridized carbons (Fsp3) is 0.467. The van der Waals surface area contributed by atoms with Crippen molar-refractivity contribution in [2.75, 3.05) is 0 Å². The molecule has 0 aliphatic heterocycles. The van der Waals surface area contributed by atoms with Gasteiger partial charge in [0, 0.05) is 6.42 Å². The van der Waals surface area contributed by atoms with Crippen molar-refractivity contribution in [3.63, 3.8) is 0 Å². The van der Waals surface area contributed by atoms with E-state index in [1.54, 1.807) is 30.3 Å². The molecular formula is C15H22O4. The molecule has 0 amide bonds. The Labute approximate surface area is 114 Å². The van der Waals surface area contributed by atoms with E-state index in [0.29, 0.717) is 12.0 Å². The van der Waals surface area contributed by atoms with Crippen LogP contribution in [0.25, 0.3) is 0 Å². The van der Waals surface area contributed by atoms with Crippen molar-refractivity contribution in [3.05, 3.63) is 35.9 Å². The number of hydrogen-bond donors (Lipinski definition) is 2. The molecule has 2 N–H and O–H groups in total. The third-order valence-electron chi connectivity index (χ3n) is 2.34. The summed E-state index contributed by atoms with van der Waals surface area (Å²) in [6.07, 6.45) is 2.08. The van der Waals surface area contributed by atoms with Gasteiger partial charge in [-0.2, -0.15) is 0 Å². The van der Waals surface area contributed by atoms with Crippen LogP contribution in [0.15, 0.2) is 30.3 Å². The van der Waals surface area contributed by atoms with E-state index in [4.69, 9.17) is 10.2 Å². The van der Waals surface area contributed by atoms with Crippen molar-refractivity contribution < 1.29 is 19.8 Å². The van der Waals surface area contributed by atoms with Crippen LogP contribution in [0.1, 0.15) is 50.4 Å². The molecule has 0 aromatic heterocycles. The molecule has 19 heavy (non-hydrogen) atoms. The lowest BCUT2D eigenvalue weighted by Gasteiger charge is -2.16. The van der Waals surface area contributed by atoms with Gasteiger partial charge in [-0.25, -0.2) is 4.79 Å². The molecule has 106 valence electrons. The van der Waals surface area contributed by atoms with E-state index in [0.717, 1.165) is 12.8 Å². The Bertz CT molecular complexity index is 390. The van der Waals surface area contributed by atoms with Crippen LogP contribution >= 0.6 is 0 Å². The van der Waals surface area contributed by atoms with Crippen LogP contribution in [0.2, 0.25) is 0 Å². The summed E-state index contributed by atoms with van der Waals surface area (Å²) in [5.41, 5.74) is 0.604. The third-order valence-corrected chi connectivity index (χ3v) is 2.34. The molecule has 0 saturated heterocycles. The van der Waals surface area contributed by atoms with Gasteiger partial charge in [0.25, 0.3) is 0 Å². The number of carboxylic acid groups (broad SMARTS) is 2. The van der Waals surface area contributed by atoms with Gasteiger partial charge < -0.3 is 10.2 Å². The van der Waals surface area contributed by atoms with Crippen LogP contribution in [0.5, 0.6) is 0 Å². The first kappa shape index (κ1) is 17.2. The Morgan fingerprint density at radius 1 is 1.05 bits per heavy atom. The maximum absolute atomic E-state index is 10.2. The summed E-state index contributed by atoms with van der Waals surface area (Å²) in [4.78, 5) is 20.3. The largest absolute Gasteiger partial charge is 0.481 e. The number of hydrogen-bond acceptors (Lipinski definition) is 2. The molecule has 1 aromatic carbocycles. The molecule has 0 fully saturated rings. The van der Waals surface area contributed by atoms with Crippen molar-refractivity contribution in [1.29, 1.82) is 0 Å². The smallest absolute Gasteiger partial charge is 0.335 e. The fourth-order valence-corrected chi connectivity index (χ4v) is 1.35. The Hall–Kier alpha value is -1.84. The van der Waals surface area contributed by atoms with Crippen molar-refractivity contribution in [2.24, 2.45) is 5.41 Å². The molecule has 0 aliphatic rings. The van der Waals surface area contributed by atoms with E-state index < -0.39 is 11.9 Å². The summed E-state index contributed by atoms with van der Waals surface area (Å²) in [6.45, 7) is 6.36. The fourth-order valence-electron chi connectivity index (χ4n) is 1.35. The van der Waals surface area contributed by atoms with Crippen LogP contribution in [-0.4, -0.2) is 22.2 Å². The van der Waals surface area contributed by atoms with Crippen molar-refractivity contribution in [1.82, 2.24) is 0 Å². The van der Waals surface area contributed by atoms with Crippen molar-refractivity contribution in [2.45, 2.75) is 40.0 Å². The predicted octanol–water partition coefficient (Wildman–Crippen LogP) is 3.67. The molecule has 1 aromatic rings. The Morgan fingerprint density at radius 2 is 1.58 bits per heavy atom. The van der Waals surface area contributed by atoms with Crippen molar-refractivity contribution in [3.8, 4) is 0 Å². The van der Waals surface area contributed by atoms with Crippen molar-refractivity contribution >= 4 is 11.9 Å². The second kappa shape index (κ2) is 8.29. The van der Waals surface area contributed by atoms with E-state index in [1.165, 1.54) is 0 Å². The van der Waals surface area contributed by atoms with Gasteiger partial charge in [-0.1, -0.05) is 39.0 Å². The van der Waals surface area contributed by atoms with E-state index in [2.05, 4.69) is 20.8 Å². The average Bonchev–Trinajstić information content (AvgIpc) is 2.28. The molecule has 0 spiro atoms. The van der Waals surface area contributed by atoms with Gasteiger partial charge >= 0.3 is 11.9 Å². The number of aliphatic carboxylic acids is 1. The van der Waals surface area contributed by atoms with Gasteiger partial charge in [-0.15, -0.1) is 0 Å². The molecule has 0 unspecified atom stereocenters. The molecular weight excluding hydrogens is 244 g/mol. The molecule has 4 nitrogen and oxygen atoms in total. The van der Waals surface area contributed by atoms with E-state index in [9.17, 15) is 9.59 Å². The molecule has 0 heterocycles.